The number of likely N-dealkylation sites (tertiary alicyclic amines) is 1. The third kappa shape index (κ3) is 3.54. The predicted molar refractivity (Wildman–Crippen MR) is 76.7 cm³/mol. The van der Waals surface area contributed by atoms with Crippen molar-refractivity contribution in [3.8, 4) is 0 Å². The molecule has 0 aromatic carbocycles. The van der Waals surface area contributed by atoms with Gasteiger partial charge in [-0.1, -0.05) is 11.6 Å². The molecule has 1 aliphatic rings. The summed E-state index contributed by atoms with van der Waals surface area (Å²) in [4.78, 5) is 2.46. The van der Waals surface area contributed by atoms with Crippen molar-refractivity contribution in [3.05, 3.63) is 11.9 Å². The molecule has 1 fully saturated rings. The second kappa shape index (κ2) is 5.59. The van der Waals surface area contributed by atoms with Crippen LogP contribution in [0, 0.1) is 0 Å². The zero-order chi connectivity index (χ0) is 14.0. The molecule has 5 nitrogen and oxygen atoms in total. The van der Waals surface area contributed by atoms with Gasteiger partial charge in [0.15, 0.2) is 0 Å². The molecule has 0 saturated carbocycles. The molecule has 1 saturated heterocycles. The Bertz CT molecular complexity index is 404. The van der Waals surface area contributed by atoms with Crippen molar-refractivity contribution >= 4 is 0 Å². The lowest BCUT2D eigenvalue weighted by Crippen LogP contribution is -2.48. The third-order valence-corrected chi connectivity index (χ3v) is 3.86. The lowest BCUT2D eigenvalue weighted by molar-refractivity contribution is 0.121. The number of rotatable bonds is 3. The van der Waals surface area contributed by atoms with Gasteiger partial charge in [0.05, 0.1) is 17.4 Å². The first-order valence-corrected chi connectivity index (χ1v) is 7.29. The molecule has 0 radical (unpaired) electrons. The van der Waals surface area contributed by atoms with Crippen LogP contribution in [0.25, 0.3) is 0 Å². The fraction of sp³-hybridized carbons (Fsp3) is 0.857. The van der Waals surface area contributed by atoms with Crippen LogP contribution in [0.2, 0.25) is 0 Å². The molecular formula is C14H27N5. The minimum absolute atomic E-state index is 0.00624. The summed E-state index contributed by atoms with van der Waals surface area (Å²) in [6, 6.07) is 0.700. The summed E-state index contributed by atoms with van der Waals surface area (Å²) in [6.45, 7) is 10.5. The maximum absolute atomic E-state index is 6.10. The Labute approximate surface area is 116 Å². The van der Waals surface area contributed by atoms with E-state index in [9.17, 15) is 0 Å². The van der Waals surface area contributed by atoms with Crippen LogP contribution >= 0.6 is 0 Å². The molecular weight excluding hydrogens is 238 g/mol. The maximum atomic E-state index is 6.10. The van der Waals surface area contributed by atoms with Crippen molar-refractivity contribution in [1.29, 1.82) is 0 Å². The lowest BCUT2D eigenvalue weighted by Gasteiger charge is -2.37. The zero-order valence-electron chi connectivity index (χ0n) is 12.6. The number of nitrogens with two attached hydrogens (primary N) is 1. The Hall–Kier alpha value is -0.940. The minimum atomic E-state index is -0.00624. The Morgan fingerprint density at radius 3 is 2.74 bits per heavy atom. The molecule has 108 valence electrons. The van der Waals surface area contributed by atoms with Gasteiger partial charge in [-0.25, -0.2) is 4.68 Å². The van der Waals surface area contributed by atoms with Gasteiger partial charge in [0.1, 0.15) is 0 Å². The van der Waals surface area contributed by atoms with Gasteiger partial charge in [-0.05, 0) is 47.1 Å². The van der Waals surface area contributed by atoms with E-state index < -0.39 is 0 Å². The number of hydrogen-bond acceptors (Lipinski definition) is 4. The summed E-state index contributed by atoms with van der Waals surface area (Å²) in [7, 11) is 0. The Balaban J connectivity index is 2.05. The van der Waals surface area contributed by atoms with Gasteiger partial charge in [0.2, 0.25) is 0 Å². The first kappa shape index (κ1) is 14.5. The second-order valence-corrected chi connectivity index (χ2v) is 6.72. The molecule has 0 spiro atoms. The molecule has 2 rings (SSSR count). The van der Waals surface area contributed by atoms with Gasteiger partial charge < -0.3 is 5.73 Å². The van der Waals surface area contributed by atoms with Crippen LogP contribution in [-0.2, 0) is 12.1 Å². The maximum Gasteiger partial charge on any atom is 0.0967 e. The highest BCUT2D eigenvalue weighted by Crippen LogP contribution is 2.21. The van der Waals surface area contributed by atoms with Crippen LogP contribution in [-0.4, -0.2) is 38.5 Å². The van der Waals surface area contributed by atoms with Gasteiger partial charge in [-0.3, -0.25) is 4.90 Å². The SMILES string of the molecule is CC(N)C1CCCCN1Cc1cn(C(C)(C)C)nn1. The molecule has 1 aromatic heterocycles. The molecule has 5 heteroatoms. The third-order valence-electron chi connectivity index (χ3n) is 3.86. The normalized spacial score (nSPS) is 23.5. The molecule has 1 aliphatic heterocycles. The monoisotopic (exact) mass is 265 g/mol. The molecule has 2 atom stereocenters. The summed E-state index contributed by atoms with van der Waals surface area (Å²) in [5.41, 5.74) is 7.14. The average molecular weight is 265 g/mol. The highest BCUT2D eigenvalue weighted by molar-refractivity contribution is 4.97. The van der Waals surface area contributed by atoms with Gasteiger partial charge >= 0.3 is 0 Å². The molecule has 1 aromatic rings. The Morgan fingerprint density at radius 2 is 2.16 bits per heavy atom. The summed E-state index contributed by atoms with van der Waals surface area (Å²) in [5.74, 6) is 0. The smallest absolute Gasteiger partial charge is 0.0967 e. The molecule has 0 aliphatic carbocycles. The van der Waals surface area contributed by atoms with Crippen LogP contribution < -0.4 is 5.73 Å². The van der Waals surface area contributed by atoms with Crippen LogP contribution in [0.4, 0.5) is 0 Å². The van der Waals surface area contributed by atoms with Crippen molar-refractivity contribution in [1.82, 2.24) is 19.9 Å². The van der Waals surface area contributed by atoms with Gasteiger partial charge in [0.25, 0.3) is 0 Å². The largest absolute Gasteiger partial charge is 0.327 e. The minimum Gasteiger partial charge on any atom is -0.327 e. The van der Waals surface area contributed by atoms with E-state index in [1.165, 1.54) is 19.3 Å². The van der Waals surface area contributed by atoms with E-state index in [4.69, 9.17) is 5.73 Å². The summed E-state index contributed by atoms with van der Waals surface area (Å²) >= 11 is 0. The standard InChI is InChI=1S/C14H27N5/c1-11(15)13-7-5-6-8-18(13)9-12-10-19(17-16-12)14(2,3)4/h10-11,13H,5-9,15H2,1-4H3. The topological polar surface area (TPSA) is 60.0 Å². The first-order chi connectivity index (χ1) is 8.88. The average Bonchev–Trinajstić information content (AvgIpc) is 2.77. The van der Waals surface area contributed by atoms with Gasteiger partial charge in [-0.2, -0.15) is 0 Å². The van der Waals surface area contributed by atoms with Crippen LogP contribution in [0.3, 0.4) is 0 Å². The number of piperidine rings is 1. The van der Waals surface area contributed by atoms with Gasteiger partial charge in [-0.15, -0.1) is 5.10 Å². The number of aromatic nitrogens is 3. The highest BCUT2D eigenvalue weighted by atomic mass is 15.4. The zero-order valence-corrected chi connectivity index (χ0v) is 12.6. The number of nitrogens with zero attached hydrogens (tertiary/aromatic N) is 4. The predicted octanol–water partition coefficient (Wildman–Crippen LogP) is 1.73. The van der Waals surface area contributed by atoms with Crippen molar-refractivity contribution in [2.24, 2.45) is 5.73 Å². The Morgan fingerprint density at radius 1 is 1.42 bits per heavy atom. The quantitative estimate of drug-likeness (QED) is 0.904. The lowest BCUT2D eigenvalue weighted by atomic mass is 9.97. The molecule has 19 heavy (non-hydrogen) atoms. The van der Waals surface area contributed by atoms with E-state index in [-0.39, 0.29) is 11.6 Å². The second-order valence-electron chi connectivity index (χ2n) is 6.72. The Kier molecular flexibility index (Phi) is 4.26. The summed E-state index contributed by atoms with van der Waals surface area (Å²) < 4.78 is 1.94. The van der Waals surface area contributed by atoms with E-state index in [1.807, 2.05) is 4.68 Å². The molecule has 2 heterocycles. The highest BCUT2D eigenvalue weighted by Gasteiger charge is 2.26. The van der Waals surface area contributed by atoms with E-state index >= 15 is 0 Å². The molecule has 0 amide bonds. The van der Waals surface area contributed by atoms with E-state index in [2.05, 4.69) is 49.1 Å². The van der Waals surface area contributed by atoms with E-state index in [0.717, 1.165) is 18.8 Å². The fourth-order valence-corrected chi connectivity index (χ4v) is 2.72. The first-order valence-electron chi connectivity index (χ1n) is 7.29. The van der Waals surface area contributed by atoms with E-state index in [1.54, 1.807) is 0 Å². The van der Waals surface area contributed by atoms with Crippen LogP contribution in [0.15, 0.2) is 6.20 Å². The molecule has 2 unspecified atom stereocenters. The van der Waals surface area contributed by atoms with Crippen molar-refractivity contribution in [3.63, 3.8) is 0 Å². The van der Waals surface area contributed by atoms with E-state index in [0.29, 0.717) is 6.04 Å². The number of hydrogen-bond donors (Lipinski definition) is 1. The molecule has 2 N–H and O–H groups in total. The van der Waals surface area contributed by atoms with Crippen LogP contribution in [0.1, 0.15) is 52.7 Å². The van der Waals surface area contributed by atoms with Crippen molar-refractivity contribution < 1.29 is 0 Å². The van der Waals surface area contributed by atoms with Crippen molar-refractivity contribution in [2.45, 2.75) is 71.1 Å². The summed E-state index contributed by atoms with van der Waals surface area (Å²) in [6.07, 6.45) is 5.81. The molecule has 0 bridgehead atoms. The van der Waals surface area contributed by atoms with Crippen LogP contribution in [0.5, 0.6) is 0 Å². The van der Waals surface area contributed by atoms with Crippen molar-refractivity contribution in [2.75, 3.05) is 6.54 Å². The fourth-order valence-electron chi connectivity index (χ4n) is 2.72. The van der Waals surface area contributed by atoms with Gasteiger partial charge in [0, 0.05) is 18.6 Å². The summed E-state index contributed by atoms with van der Waals surface area (Å²) in [5, 5.41) is 8.53.